The van der Waals surface area contributed by atoms with Crippen LogP contribution >= 0.6 is 0 Å². The first-order valence-electron chi connectivity index (χ1n) is 4.58. The Morgan fingerprint density at radius 1 is 1.31 bits per heavy atom. The molecule has 1 amide bonds. The Morgan fingerprint density at radius 2 is 1.88 bits per heavy atom. The van der Waals surface area contributed by atoms with Crippen LogP contribution < -0.4 is 10.2 Å². The maximum Gasteiger partial charge on any atom is 0.266 e. The molecule has 1 aliphatic rings. The third-order valence-electron chi connectivity index (χ3n) is 1.86. The van der Waals surface area contributed by atoms with Crippen molar-refractivity contribution in [3.05, 3.63) is 23.5 Å². The molecule has 0 aromatic heterocycles. The van der Waals surface area contributed by atoms with Crippen LogP contribution in [0.15, 0.2) is 17.0 Å². The molecule has 16 heavy (non-hydrogen) atoms. The molecule has 0 aliphatic carbocycles. The van der Waals surface area contributed by atoms with Gasteiger partial charge in [-0.3, -0.25) is 4.79 Å². The van der Waals surface area contributed by atoms with E-state index in [-0.39, 0.29) is 15.9 Å². The standard InChI is InChI=1S/C7H3BFNO3S.C2H6/c8-4-2-6-3(1-5(4)9)7(11)10-14(6,12)13;1-2/h1-2H,(H,10,11);1-2H3. The van der Waals surface area contributed by atoms with Crippen molar-refractivity contribution in [1.82, 2.24) is 4.72 Å². The average Bonchev–Trinajstić information content (AvgIpc) is 2.43. The Bertz CT molecular complexity index is 542. The molecule has 1 heterocycles. The molecule has 0 saturated carbocycles. The van der Waals surface area contributed by atoms with E-state index in [0.29, 0.717) is 0 Å². The summed E-state index contributed by atoms with van der Waals surface area (Å²) < 4.78 is 37.1. The molecule has 0 spiro atoms. The van der Waals surface area contributed by atoms with E-state index in [1.807, 2.05) is 13.8 Å². The minimum Gasteiger partial charge on any atom is -0.268 e. The van der Waals surface area contributed by atoms with Gasteiger partial charge in [0.05, 0.1) is 10.5 Å². The van der Waals surface area contributed by atoms with Crippen LogP contribution in [-0.2, 0) is 10.0 Å². The largest absolute Gasteiger partial charge is 0.268 e. The van der Waals surface area contributed by atoms with Gasteiger partial charge in [-0.25, -0.2) is 17.5 Å². The highest BCUT2D eigenvalue weighted by atomic mass is 32.2. The van der Waals surface area contributed by atoms with E-state index in [0.717, 1.165) is 12.1 Å². The van der Waals surface area contributed by atoms with Crippen LogP contribution in [0.4, 0.5) is 4.39 Å². The summed E-state index contributed by atoms with van der Waals surface area (Å²) in [5.74, 6) is -1.64. The Kier molecular flexibility index (Phi) is 3.37. The summed E-state index contributed by atoms with van der Waals surface area (Å²) >= 11 is 0. The predicted octanol–water partition coefficient (Wildman–Crippen LogP) is 0.0778. The summed E-state index contributed by atoms with van der Waals surface area (Å²) in [6.07, 6.45) is 0. The lowest BCUT2D eigenvalue weighted by atomic mass is 9.94. The molecular formula is C9H9BFNO3S. The molecule has 0 bridgehead atoms. The van der Waals surface area contributed by atoms with Gasteiger partial charge in [-0.1, -0.05) is 19.3 Å². The van der Waals surface area contributed by atoms with Gasteiger partial charge in [-0.15, -0.1) is 0 Å². The number of hydrogen-bond acceptors (Lipinski definition) is 3. The predicted molar refractivity (Wildman–Crippen MR) is 57.8 cm³/mol. The normalized spacial score (nSPS) is 15.8. The zero-order chi connectivity index (χ0) is 12.5. The second-order valence-electron chi connectivity index (χ2n) is 2.80. The summed E-state index contributed by atoms with van der Waals surface area (Å²) in [4.78, 5) is 10.8. The highest BCUT2D eigenvalue weighted by molar-refractivity contribution is 7.90. The smallest absolute Gasteiger partial charge is 0.266 e. The van der Waals surface area contributed by atoms with E-state index in [1.54, 1.807) is 4.72 Å². The highest BCUT2D eigenvalue weighted by Crippen LogP contribution is 2.21. The monoisotopic (exact) mass is 241 g/mol. The molecule has 0 saturated heterocycles. The van der Waals surface area contributed by atoms with Gasteiger partial charge in [0.1, 0.15) is 13.7 Å². The quantitative estimate of drug-likeness (QED) is 0.654. The summed E-state index contributed by atoms with van der Waals surface area (Å²) in [6, 6.07) is 1.74. The molecule has 84 valence electrons. The molecule has 1 aliphatic heterocycles. The molecule has 0 fully saturated rings. The Balaban J connectivity index is 0.000000606. The Morgan fingerprint density at radius 3 is 2.44 bits per heavy atom. The number of fused-ring (bicyclic) bond motifs is 1. The second kappa shape index (κ2) is 4.25. The average molecular weight is 241 g/mol. The number of amides is 1. The fourth-order valence-electron chi connectivity index (χ4n) is 1.20. The van der Waals surface area contributed by atoms with E-state index in [1.165, 1.54) is 0 Å². The lowest BCUT2D eigenvalue weighted by Gasteiger charge is -1.99. The van der Waals surface area contributed by atoms with Gasteiger partial charge in [0.15, 0.2) is 0 Å². The van der Waals surface area contributed by atoms with Crippen molar-refractivity contribution in [2.24, 2.45) is 0 Å². The third-order valence-corrected chi connectivity index (χ3v) is 3.23. The van der Waals surface area contributed by atoms with Gasteiger partial charge in [-0.2, -0.15) is 0 Å². The van der Waals surface area contributed by atoms with Crippen molar-refractivity contribution in [1.29, 1.82) is 0 Å². The van der Waals surface area contributed by atoms with Crippen LogP contribution in [0, 0.1) is 5.82 Å². The zero-order valence-electron chi connectivity index (χ0n) is 8.74. The first-order chi connectivity index (χ1) is 7.42. The molecule has 1 aromatic carbocycles. The second-order valence-corrected chi connectivity index (χ2v) is 4.46. The lowest BCUT2D eigenvalue weighted by Crippen LogP contribution is -2.20. The van der Waals surface area contributed by atoms with Crippen LogP contribution in [0.2, 0.25) is 0 Å². The molecule has 4 nitrogen and oxygen atoms in total. The van der Waals surface area contributed by atoms with Crippen molar-refractivity contribution in [2.45, 2.75) is 18.7 Å². The number of rotatable bonds is 0. The maximum absolute atomic E-state index is 12.9. The van der Waals surface area contributed by atoms with Crippen molar-refractivity contribution in [2.75, 3.05) is 0 Å². The van der Waals surface area contributed by atoms with Crippen molar-refractivity contribution < 1.29 is 17.6 Å². The van der Waals surface area contributed by atoms with Gasteiger partial charge < -0.3 is 0 Å². The van der Waals surface area contributed by atoms with Crippen LogP contribution in [0.1, 0.15) is 24.2 Å². The number of sulfonamides is 1. The Hall–Kier alpha value is -1.37. The van der Waals surface area contributed by atoms with Gasteiger partial charge >= 0.3 is 0 Å². The highest BCUT2D eigenvalue weighted by Gasteiger charge is 2.33. The van der Waals surface area contributed by atoms with Crippen LogP contribution in [0.25, 0.3) is 0 Å². The number of benzene rings is 1. The molecule has 1 aromatic rings. The first kappa shape index (κ1) is 12.7. The molecule has 1 N–H and O–H groups in total. The van der Waals surface area contributed by atoms with Crippen LogP contribution in [0.3, 0.4) is 0 Å². The third kappa shape index (κ3) is 1.95. The van der Waals surface area contributed by atoms with Crippen LogP contribution in [0.5, 0.6) is 0 Å². The van der Waals surface area contributed by atoms with Gasteiger partial charge in [-0.05, 0) is 12.1 Å². The SMILES string of the molecule is CC.[B]c1cc2c(cc1F)C(=O)NS2(=O)=O. The lowest BCUT2D eigenvalue weighted by molar-refractivity contribution is 0.0984. The zero-order valence-corrected chi connectivity index (χ0v) is 9.56. The minimum absolute atomic E-state index is 0.211. The maximum atomic E-state index is 12.9. The number of hydrogen-bond donors (Lipinski definition) is 1. The molecule has 2 radical (unpaired) electrons. The summed E-state index contributed by atoms with van der Waals surface area (Å²) in [5, 5.41) is 0. The van der Waals surface area contributed by atoms with Gasteiger partial charge in [0.25, 0.3) is 15.9 Å². The van der Waals surface area contributed by atoms with Gasteiger partial charge in [0, 0.05) is 0 Å². The van der Waals surface area contributed by atoms with E-state index >= 15 is 0 Å². The molecule has 0 atom stereocenters. The molecular weight excluding hydrogens is 232 g/mol. The number of carbonyl (C=O) groups is 1. The number of halogens is 1. The molecule has 2 rings (SSSR count). The van der Waals surface area contributed by atoms with E-state index < -0.39 is 21.7 Å². The molecule has 0 unspecified atom stereocenters. The van der Waals surface area contributed by atoms with Crippen molar-refractivity contribution in [3.63, 3.8) is 0 Å². The summed E-state index contributed by atoms with van der Waals surface area (Å²) in [7, 11) is 1.34. The first-order valence-corrected chi connectivity index (χ1v) is 6.06. The van der Waals surface area contributed by atoms with Crippen molar-refractivity contribution in [3.8, 4) is 0 Å². The molecule has 7 heteroatoms. The fourth-order valence-corrected chi connectivity index (χ4v) is 2.39. The van der Waals surface area contributed by atoms with E-state index in [9.17, 15) is 17.6 Å². The number of nitrogens with one attached hydrogen (secondary N) is 1. The Labute approximate surface area is 94.3 Å². The van der Waals surface area contributed by atoms with E-state index in [2.05, 4.69) is 0 Å². The minimum atomic E-state index is -3.84. The summed E-state index contributed by atoms with van der Waals surface area (Å²) in [5.41, 5.74) is -0.513. The fraction of sp³-hybridized carbons (Fsp3) is 0.222. The summed E-state index contributed by atoms with van der Waals surface area (Å²) in [6.45, 7) is 4.00. The van der Waals surface area contributed by atoms with Crippen molar-refractivity contribution >= 4 is 29.2 Å². The number of carbonyl (C=O) groups excluding carboxylic acids is 1. The van der Waals surface area contributed by atoms with Crippen LogP contribution in [-0.4, -0.2) is 22.2 Å². The van der Waals surface area contributed by atoms with E-state index in [4.69, 9.17) is 7.85 Å². The topological polar surface area (TPSA) is 63.2 Å². The van der Waals surface area contributed by atoms with Gasteiger partial charge in [0.2, 0.25) is 0 Å².